The Labute approximate surface area is 138 Å². The molecule has 2 aromatic carbocycles. The van der Waals surface area contributed by atoms with Crippen molar-refractivity contribution in [3.05, 3.63) is 58.6 Å². The van der Waals surface area contributed by atoms with Crippen LogP contribution in [0.5, 0.6) is 0 Å². The highest BCUT2D eigenvalue weighted by atomic mass is 35.5. The molecule has 22 heavy (non-hydrogen) atoms. The predicted molar refractivity (Wildman–Crippen MR) is 86.6 cm³/mol. The van der Waals surface area contributed by atoms with Crippen molar-refractivity contribution >= 4 is 44.8 Å². The van der Waals surface area contributed by atoms with Crippen LogP contribution in [0.4, 0.5) is 5.69 Å². The number of primary amides is 1. The van der Waals surface area contributed by atoms with Crippen molar-refractivity contribution in [2.45, 2.75) is 4.90 Å². The Balaban J connectivity index is 2.53. The zero-order valence-electron chi connectivity index (χ0n) is 11.2. The molecule has 2 aromatic rings. The van der Waals surface area contributed by atoms with E-state index in [0.29, 0.717) is 10.0 Å². The number of benzene rings is 2. The van der Waals surface area contributed by atoms with E-state index in [9.17, 15) is 13.2 Å². The minimum absolute atomic E-state index is 0.00174. The van der Waals surface area contributed by atoms with E-state index in [1.165, 1.54) is 36.4 Å². The number of carbonyl (C=O) groups excluding carboxylic acids is 1. The number of amides is 1. The molecule has 0 saturated carbocycles. The lowest BCUT2D eigenvalue weighted by molar-refractivity contribution is -0.116. The summed E-state index contributed by atoms with van der Waals surface area (Å²) in [4.78, 5) is 11.3. The maximum absolute atomic E-state index is 12.7. The van der Waals surface area contributed by atoms with E-state index < -0.39 is 22.5 Å². The molecule has 0 aliphatic carbocycles. The summed E-state index contributed by atoms with van der Waals surface area (Å²) in [7, 11) is -3.97. The highest BCUT2D eigenvalue weighted by Crippen LogP contribution is 2.26. The summed E-state index contributed by atoms with van der Waals surface area (Å²) in [6.45, 7) is -0.495. The Morgan fingerprint density at radius 2 is 1.68 bits per heavy atom. The number of nitrogens with zero attached hydrogens (tertiary/aromatic N) is 1. The molecule has 2 rings (SSSR count). The maximum atomic E-state index is 12.7. The van der Waals surface area contributed by atoms with Crippen molar-refractivity contribution in [1.29, 1.82) is 0 Å². The number of carbonyl (C=O) groups is 1. The van der Waals surface area contributed by atoms with Crippen molar-refractivity contribution in [2.75, 3.05) is 10.8 Å². The summed E-state index contributed by atoms with van der Waals surface area (Å²) in [5.74, 6) is -0.780. The average Bonchev–Trinajstić information content (AvgIpc) is 2.45. The molecule has 0 aliphatic heterocycles. The lowest BCUT2D eigenvalue weighted by atomic mass is 10.3. The van der Waals surface area contributed by atoms with Gasteiger partial charge in [-0.25, -0.2) is 8.42 Å². The van der Waals surface area contributed by atoms with Crippen LogP contribution in [-0.2, 0) is 14.8 Å². The van der Waals surface area contributed by atoms with Gasteiger partial charge in [-0.3, -0.25) is 9.10 Å². The zero-order chi connectivity index (χ0) is 16.3. The van der Waals surface area contributed by atoms with Gasteiger partial charge in [-0.15, -0.1) is 0 Å². The normalized spacial score (nSPS) is 11.2. The van der Waals surface area contributed by atoms with E-state index in [2.05, 4.69) is 0 Å². The van der Waals surface area contributed by atoms with Crippen molar-refractivity contribution in [1.82, 2.24) is 0 Å². The van der Waals surface area contributed by atoms with Crippen LogP contribution in [-0.4, -0.2) is 20.9 Å². The van der Waals surface area contributed by atoms with Gasteiger partial charge in [0.25, 0.3) is 10.0 Å². The summed E-state index contributed by atoms with van der Waals surface area (Å²) in [5.41, 5.74) is 5.42. The monoisotopic (exact) mass is 358 g/mol. The van der Waals surface area contributed by atoms with Crippen LogP contribution in [0.2, 0.25) is 10.0 Å². The number of sulfonamides is 1. The van der Waals surface area contributed by atoms with Gasteiger partial charge in [0, 0.05) is 10.0 Å². The van der Waals surface area contributed by atoms with E-state index in [0.717, 1.165) is 4.31 Å². The van der Waals surface area contributed by atoms with Gasteiger partial charge in [0.1, 0.15) is 6.54 Å². The Morgan fingerprint density at radius 3 is 2.23 bits per heavy atom. The molecule has 0 bridgehead atoms. The summed E-state index contributed by atoms with van der Waals surface area (Å²) in [6, 6.07) is 11.8. The average molecular weight is 359 g/mol. The number of nitrogens with two attached hydrogens (primary N) is 1. The van der Waals surface area contributed by atoms with Gasteiger partial charge >= 0.3 is 0 Å². The van der Waals surface area contributed by atoms with E-state index >= 15 is 0 Å². The minimum atomic E-state index is -3.97. The van der Waals surface area contributed by atoms with E-state index in [1.807, 2.05) is 0 Å². The highest BCUT2D eigenvalue weighted by Gasteiger charge is 2.26. The fourth-order valence-corrected chi connectivity index (χ4v) is 3.55. The molecular weight excluding hydrogens is 347 g/mol. The van der Waals surface area contributed by atoms with Crippen molar-refractivity contribution in [3.63, 3.8) is 0 Å². The SMILES string of the molecule is NC(=O)CN(c1cccc(Cl)c1)S(=O)(=O)c1ccc(Cl)cc1. The van der Waals surface area contributed by atoms with Crippen LogP contribution in [0, 0.1) is 0 Å². The molecule has 1 amide bonds. The second kappa shape index (κ2) is 6.56. The molecular formula is C14H12Cl2N2O3S. The van der Waals surface area contributed by atoms with Crippen LogP contribution >= 0.6 is 23.2 Å². The molecule has 0 radical (unpaired) electrons. The van der Waals surface area contributed by atoms with Crippen molar-refractivity contribution in [3.8, 4) is 0 Å². The highest BCUT2D eigenvalue weighted by molar-refractivity contribution is 7.92. The first kappa shape index (κ1) is 16.6. The number of hydrogen-bond acceptors (Lipinski definition) is 3. The molecule has 8 heteroatoms. The third-order valence-corrected chi connectivity index (χ3v) is 5.07. The number of halogens is 2. The van der Waals surface area contributed by atoms with E-state index in [4.69, 9.17) is 28.9 Å². The lowest BCUT2D eigenvalue weighted by Crippen LogP contribution is -2.38. The van der Waals surface area contributed by atoms with Gasteiger partial charge in [-0.2, -0.15) is 0 Å². The second-order valence-corrected chi connectivity index (χ2v) is 7.15. The minimum Gasteiger partial charge on any atom is -0.368 e. The smallest absolute Gasteiger partial charge is 0.264 e. The fourth-order valence-electron chi connectivity index (χ4n) is 1.82. The third-order valence-electron chi connectivity index (χ3n) is 2.80. The van der Waals surface area contributed by atoms with Crippen LogP contribution in [0.3, 0.4) is 0 Å². The Bertz CT molecular complexity index is 792. The maximum Gasteiger partial charge on any atom is 0.264 e. The topological polar surface area (TPSA) is 80.5 Å². The Hall–Kier alpha value is -1.76. The molecule has 0 heterocycles. The molecule has 0 aliphatic rings. The molecule has 0 atom stereocenters. The zero-order valence-corrected chi connectivity index (χ0v) is 13.6. The molecule has 2 N–H and O–H groups in total. The second-order valence-electron chi connectivity index (χ2n) is 4.41. The van der Waals surface area contributed by atoms with Crippen LogP contribution in [0.25, 0.3) is 0 Å². The third kappa shape index (κ3) is 3.71. The summed E-state index contributed by atoms with van der Waals surface area (Å²) in [5, 5.41) is 0.751. The fraction of sp³-hybridized carbons (Fsp3) is 0.0714. The largest absolute Gasteiger partial charge is 0.368 e. The first-order valence-corrected chi connectivity index (χ1v) is 8.32. The standard InChI is InChI=1S/C14H12Cl2N2O3S/c15-10-4-6-13(7-5-10)22(20,21)18(9-14(17)19)12-3-1-2-11(16)8-12/h1-8H,9H2,(H2,17,19). The molecule has 0 spiro atoms. The molecule has 0 saturated heterocycles. The number of rotatable bonds is 5. The first-order chi connectivity index (χ1) is 10.3. The van der Waals surface area contributed by atoms with E-state index in [-0.39, 0.29) is 10.6 Å². The van der Waals surface area contributed by atoms with Crippen molar-refractivity contribution < 1.29 is 13.2 Å². The molecule has 0 aromatic heterocycles. The first-order valence-electron chi connectivity index (χ1n) is 6.13. The van der Waals surface area contributed by atoms with Gasteiger partial charge in [0.2, 0.25) is 5.91 Å². The molecule has 116 valence electrons. The lowest BCUT2D eigenvalue weighted by Gasteiger charge is -2.23. The van der Waals surface area contributed by atoms with Gasteiger partial charge in [-0.1, -0.05) is 29.3 Å². The number of hydrogen-bond donors (Lipinski definition) is 1. The van der Waals surface area contributed by atoms with Crippen LogP contribution in [0.15, 0.2) is 53.4 Å². The summed E-state index contributed by atoms with van der Waals surface area (Å²) >= 11 is 11.7. The Kier molecular flexibility index (Phi) is 4.95. The summed E-state index contributed by atoms with van der Waals surface area (Å²) in [6.07, 6.45) is 0. The molecule has 5 nitrogen and oxygen atoms in total. The quantitative estimate of drug-likeness (QED) is 0.891. The van der Waals surface area contributed by atoms with Crippen LogP contribution < -0.4 is 10.0 Å². The summed E-state index contributed by atoms with van der Waals surface area (Å²) < 4.78 is 26.4. The van der Waals surface area contributed by atoms with E-state index in [1.54, 1.807) is 12.1 Å². The van der Waals surface area contributed by atoms with Crippen molar-refractivity contribution in [2.24, 2.45) is 5.73 Å². The van der Waals surface area contributed by atoms with Gasteiger partial charge < -0.3 is 5.73 Å². The number of anilines is 1. The Morgan fingerprint density at radius 1 is 1.05 bits per heavy atom. The molecule has 0 unspecified atom stereocenters. The van der Waals surface area contributed by atoms with Crippen LogP contribution in [0.1, 0.15) is 0 Å². The molecule has 0 fully saturated rings. The van der Waals surface area contributed by atoms with Gasteiger partial charge in [0.05, 0.1) is 10.6 Å². The van der Waals surface area contributed by atoms with Gasteiger partial charge in [-0.05, 0) is 42.5 Å². The predicted octanol–water partition coefficient (Wildman–Crippen LogP) is 2.67. The van der Waals surface area contributed by atoms with Gasteiger partial charge in [0.15, 0.2) is 0 Å².